The summed E-state index contributed by atoms with van der Waals surface area (Å²) in [6.07, 6.45) is 1.61. The Hall–Kier alpha value is -0.290. The molecule has 1 fully saturated rings. The molecular formula is C8H13NO2S2. The van der Waals surface area contributed by atoms with Crippen LogP contribution in [0.2, 0.25) is 0 Å². The van der Waals surface area contributed by atoms with Crippen LogP contribution in [0.4, 0.5) is 0 Å². The van der Waals surface area contributed by atoms with Crippen LogP contribution in [-0.2, 0) is 4.79 Å². The predicted octanol–water partition coefficient (Wildman–Crippen LogP) is 1.48. The zero-order valence-electron chi connectivity index (χ0n) is 7.45. The standard InChI is InChI=1S/C8H13NO2S2/c1-2-3-5(7(10)11)6-4-13-8(12)9-6/h5-6H,2-4H2,1H3,(H,9,12)(H,10,11). The minimum absolute atomic E-state index is 0.0231. The van der Waals surface area contributed by atoms with E-state index in [1.807, 2.05) is 6.92 Å². The van der Waals surface area contributed by atoms with E-state index >= 15 is 0 Å². The van der Waals surface area contributed by atoms with Gasteiger partial charge in [0, 0.05) is 5.75 Å². The van der Waals surface area contributed by atoms with Crippen LogP contribution in [0.25, 0.3) is 0 Å². The molecule has 1 aliphatic rings. The Morgan fingerprint density at radius 1 is 1.92 bits per heavy atom. The Labute approximate surface area is 87.3 Å². The number of nitrogens with one attached hydrogen (secondary N) is 1. The average molecular weight is 219 g/mol. The average Bonchev–Trinajstić information content (AvgIpc) is 2.46. The topological polar surface area (TPSA) is 49.3 Å². The molecule has 0 aromatic rings. The summed E-state index contributed by atoms with van der Waals surface area (Å²) in [5, 5.41) is 12.0. The van der Waals surface area contributed by atoms with E-state index in [9.17, 15) is 4.79 Å². The van der Waals surface area contributed by atoms with E-state index in [0.717, 1.165) is 22.9 Å². The van der Waals surface area contributed by atoms with Gasteiger partial charge in [0.2, 0.25) is 0 Å². The van der Waals surface area contributed by atoms with Gasteiger partial charge < -0.3 is 10.4 Å². The molecule has 1 rings (SSSR count). The molecule has 1 heterocycles. The van der Waals surface area contributed by atoms with E-state index in [1.165, 1.54) is 11.8 Å². The van der Waals surface area contributed by atoms with Crippen LogP contribution >= 0.6 is 24.0 Å². The highest BCUT2D eigenvalue weighted by Crippen LogP contribution is 2.22. The molecule has 2 N–H and O–H groups in total. The third-order valence-corrected chi connectivity index (χ3v) is 3.48. The first-order chi connectivity index (χ1) is 6.15. The molecule has 0 spiro atoms. The smallest absolute Gasteiger partial charge is 0.308 e. The van der Waals surface area contributed by atoms with Gasteiger partial charge in [-0.15, -0.1) is 0 Å². The second-order valence-corrected chi connectivity index (χ2v) is 4.78. The van der Waals surface area contributed by atoms with Crippen LogP contribution in [0.3, 0.4) is 0 Å². The van der Waals surface area contributed by atoms with E-state index in [4.69, 9.17) is 17.3 Å². The first-order valence-corrected chi connectivity index (χ1v) is 5.70. The van der Waals surface area contributed by atoms with Crippen molar-refractivity contribution in [2.75, 3.05) is 5.75 Å². The van der Waals surface area contributed by atoms with Crippen molar-refractivity contribution in [2.45, 2.75) is 25.8 Å². The summed E-state index contributed by atoms with van der Waals surface area (Å²) in [7, 11) is 0. The first kappa shape index (κ1) is 10.8. The number of thioether (sulfide) groups is 1. The molecule has 0 amide bonds. The van der Waals surface area contributed by atoms with Gasteiger partial charge in [0.15, 0.2) is 0 Å². The van der Waals surface area contributed by atoms with Crippen molar-refractivity contribution in [3.05, 3.63) is 0 Å². The second kappa shape index (κ2) is 4.81. The molecule has 1 aliphatic heterocycles. The summed E-state index contributed by atoms with van der Waals surface area (Å²) in [5.41, 5.74) is 0. The molecule has 0 aliphatic carbocycles. The van der Waals surface area contributed by atoms with Gasteiger partial charge in [0.25, 0.3) is 0 Å². The summed E-state index contributed by atoms with van der Waals surface area (Å²) in [6.45, 7) is 2.00. The molecule has 3 nitrogen and oxygen atoms in total. The van der Waals surface area contributed by atoms with Crippen LogP contribution < -0.4 is 5.32 Å². The normalized spacial score (nSPS) is 24.1. The van der Waals surface area contributed by atoms with Gasteiger partial charge in [0.1, 0.15) is 4.32 Å². The summed E-state index contributed by atoms with van der Waals surface area (Å²) in [4.78, 5) is 10.9. The van der Waals surface area contributed by atoms with E-state index in [0.29, 0.717) is 0 Å². The largest absolute Gasteiger partial charge is 0.481 e. The van der Waals surface area contributed by atoms with Crippen LogP contribution in [0.1, 0.15) is 19.8 Å². The molecule has 0 aromatic heterocycles. The molecule has 2 unspecified atom stereocenters. The number of hydrogen-bond donors (Lipinski definition) is 2. The van der Waals surface area contributed by atoms with Crippen molar-refractivity contribution in [3.8, 4) is 0 Å². The quantitative estimate of drug-likeness (QED) is 0.701. The highest BCUT2D eigenvalue weighted by Gasteiger charge is 2.31. The fourth-order valence-electron chi connectivity index (χ4n) is 1.42. The van der Waals surface area contributed by atoms with Crippen LogP contribution in [-0.4, -0.2) is 27.2 Å². The number of rotatable bonds is 4. The molecule has 0 aromatic carbocycles. The Kier molecular flexibility index (Phi) is 3.99. The molecule has 13 heavy (non-hydrogen) atoms. The number of thiocarbonyl (C=S) groups is 1. The van der Waals surface area contributed by atoms with Gasteiger partial charge >= 0.3 is 5.97 Å². The summed E-state index contributed by atoms with van der Waals surface area (Å²) in [5.74, 6) is -0.224. The summed E-state index contributed by atoms with van der Waals surface area (Å²) < 4.78 is 0.729. The Morgan fingerprint density at radius 2 is 2.62 bits per heavy atom. The fraction of sp³-hybridized carbons (Fsp3) is 0.750. The van der Waals surface area contributed by atoms with Gasteiger partial charge in [-0.25, -0.2) is 0 Å². The first-order valence-electron chi connectivity index (χ1n) is 4.31. The van der Waals surface area contributed by atoms with E-state index in [1.54, 1.807) is 0 Å². The van der Waals surface area contributed by atoms with Gasteiger partial charge in [0.05, 0.1) is 12.0 Å². The van der Waals surface area contributed by atoms with Gasteiger partial charge in [-0.2, -0.15) is 0 Å². The minimum atomic E-state index is -0.718. The molecule has 5 heteroatoms. The SMILES string of the molecule is CCCC(C(=O)O)C1CSC(=S)N1. The second-order valence-electron chi connectivity index (χ2n) is 3.08. The summed E-state index contributed by atoms with van der Waals surface area (Å²) >= 11 is 6.48. The highest BCUT2D eigenvalue weighted by molar-refractivity contribution is 8.23. The Bertz CT molecular complexity index is 220. The van der Waals surface area contributed by atoms with E-state index in [-0.39, 0.29) is 12.0 Å². The minimum Gasteiger partial charge on any atom is -0.481 e. The fourth-order valence-corrected chi connectivity index (χ4v) is 2.66. The molecule has 0 radical (unpaired) electrons. The predicted molar refractivity (Wildman–Crippen MR) is 58.0 cm³/mol. The number of carboxylic acid groups (broad SMARTS) is 1. The number of carbonyl (C=O) groups is 1. The van der Waals surface area contributed by atoms with Gasteiger partial charge in [-0.1, -0.05) is 37.3 Å². The molecule has 0 bridgehead atoms. The molecule has 74 valence electrons. The maximum absolute atomic E-state index is 10.9. The maximum atomic E-state index is 10.9. The van der Waals surface area contributed by atoms with Crippen LogP contribution in [0, 0.1) is 5.92 Å². The molecule has 0 saturated carbocycles. The Balaban J connectivity index is 2.54. The lowest BCUT2D eigenvalue weighted by Crippen LogP contribution is -2.38. The van der Waals surface area contributed by atoms with E-state index in [2.05, 4.69) is 5.32 Å². The van der Waals surface area contributed by atoms with Crippen LogP contribution in [0.15, 0.2) is 0 Å². The molecule has 1 saturated heterocycles. The van der Waals surface area contributed by atoms with Crippen molar-refractivity contribution in [1.29, 1.82) is 0 Å². The lowest BCUT2D eigenvalue weighted by Gasteiger charge is -2.18. The number of carboxylic acids is 1. The zero-order chi connectivity index (χ0) is 9.84. The van der Waals surface area contributed by atoms with E-state index < -0.39 is 5.97 Å². The summed E-state index contributed by atoms with van der Waals surface area (Å²) in [6, 6.07) is 0.0231. The van der Waals surface area contributed by atoms with Gasteiger partial charge in [-0.05, 0) is 6.42 Å². The molecular weight excluding hydrogens is 206 g/mol. The zero-order valence-corrected chi connectivity index (χ0v) is 9.08. The highest BCUT2D eigenvalue weighted by atomic mass is 32.2. The molecule has 2 atom stereocenters. The van der Waals surface area contributed by atoms with Crippen LogP contribution in [0.5, 0.6) is 0 Å². The lowest BCUT2D eigenvalue weighted by atomic mass is 9.96. The maximum Gasteiger partial charge on any atom is 0.308 e. The number of aliphatic carboxylic acids is 1. The third kappa shape index (κ3) is 2.84. The van der Waals surface area contributed by atoms with Crippen molar-refractivity contribution < 1.29 is 9.90 Å². The van der Waals surface area contributed by atoms with Crippen molar-refractivity contribution in [3.63, 3.8) is 0 Å². The monoisotopic (exact) mass is 219 g/mol. The Morgan fingerprint density at radius 3 is 3.00 bits per heavy atom. The third-order valence-electron chi connectivity index (χ3n) is 2.10. The van der Waals surface area contributed by atoms with Crippen molar-refractivity contribution >= 4 is 34.3 Å². The lowest BCUT2D eigenvalue weighted by molar-refractivity contribution is -0.142. The van der Waals surface area contributed by atoms with Crippen molar-refractivity contribution in [2.24, 2.45) is 5.92 Å². The van der Waals surface area contributed by atoms with Crippen molar-refractivity contribution in [1.82, 2.24) is 5.32 Å². The van der Waals surface area contributed by atoms with Gasteiger partial charge in [-0.3, -0.25) is 4.79 Å². The number of hydrogen-bond acceptors (Lipinski definition) is 3.